The van der Waals surface area contributed by atoms with Crippen molar-refractivity contribution in [1.82, 2.24) is 15.5 Å². The highest BCUT2D eigenvalue weighted by Crippen LogP contribution is 2.36. The van der Waals surface area contributed by atoms with Crippen LogP contribution in [0.3, 0.4) is 0 Å². The summed E-state index contributed by atoms with van der Waals surface area (Å²) in [6.45, 7) is 7.04. The first-order chi connectivity index (χ1) is 12.7. The molecular weight excluding hydrogens is 326 g/mol. The summed E-state index contributed by atoms with van der Waals surface area (Å²) in [5, 5.41) is 6.99. The molecule has 4 aliphatic rings. The normalized spacial score (nSPS) is 41.6. The molecule has 0 aromatic carbocycles. The zero-order valence-corrected chi connectivity index (χ0v) is 16.4. The zero-order valence-electron chi connectivity index (χ0n) is 16.4. The third-order valence-corrected chi connectivity index (χ3v) is 7.53. The van der Waals surface area contributed by atoms with E-state index < -0.39 is 0 Å². The summed E-state index contributed by atoms with van der Waals surface area (Å²) in [5.74, 6) is 2.28. The summed E-state index contributed by atoms with van der Waals surface area (Å²) >= 11 is 0. The topological polar surface area (TPSA) is 53.6 Å². The van der Waals surface area contributed by atoms with Gasteiger partial charge in [0.15, 0.2) is 0 Å². The second-order valence-corrected chi connectivity index (χ2v) is 9.15. The minimum absolute atomic E-state index is 0.0379. The predicted molar refractivity (Wildman–Crippen MR) is 103 cm³/mol. The predicted octanol–water partition coefficient (Wildman–Crippen LogP) is 2.16. The molecule has 4 rings (SSSR count). The lowest BCUT2D eigenvalue weighted by molar-refractivity contribution is -0.123. The smallest absolute Gasteiger partial charge is 0.237 e. The van der Waals surface area contributed by atoms with Crippen LogP contribution in [-0.2, 0) is 9.53 Å². The molecular formula is C21H37N3O2. The average Bonchev–Trinajstić information content (AvgIpc) is 3.13. The van der Waals surface area contributed by atoms with Crippen LogP contribution in [0.5, 0.6) is 0 Å². The standard InChI is InChI=1S/C21H37N3O2/c1-15-5-4-7-16-13-18(23-20(15)16)21(25)22-14-17-6-2-3-8-19(17)24-9-11-26-12-10-24/h15-20,23H,2-14H2,1H3,(H,22,25). The Hall–Kier alpha value is -0.650. The highest BCUT2D eigenvalue weighted by molar-refractivity contribution is 5.82. The third-order valence-electron chi connectivity index (χ3n) is 7.53. The molecule has 0 radical (unpaired) electrons. The minimum Gasteiger partial charge on any atom is -0.379 e. The summed E-state index contributed by atoms with van der Waals surface area (Å²) in [4.78, 5) is 15.4. The van der Waals surface area contributed by atoms with Gasteiger partial charge in [-0.1, -0.05) is 26.2 Å². The summed E-state index contributed by atoms with van der Waals surface area (Å²) < 4.78 is 5.53. The number of amides is 1. The SMILES string of the molecule is CC1CCCC2CC(C(=O)NCC3CCCCC3N3CCOCC3)NC12. The Morgan fingerprint density at radius 2 is 1.92 bits per heavy atom. The van der Waals surface area contributed by atoms with Crippen molar-refractivity contribution in [3.05, 3.63) is 0 Å². The van der Waals surface area contributed by atoms with Gasteiger partial charge in [-0.3, -0.25) is 9.69 Å². The zero-order chi connectivity index (χ0) is 17.9. The molecule has 26 heavy (non-hydrogen) atoms. The molecule has 0 spiro atoms. The number of carbonyl (C=O) groups excluding carboxylic acids is 1. The number of hydrogen-bond acceptors (Lipinski definition) is 4. The van der Waals surface area contributed by atoms with E-state index in [1.807, 2.05) is 0 Å². The van der Waals surface area contributed by atoms with Crippen molar-refractivity contribution >= 4 is 5.91 Å². The van der Waals surface area contributed by atoms with Crippen LogP contribution < -0.4 is 10.6 Å². The molecule has 5 heteroatoms. The Kier molecular flexibility index (Phi) is 6.17. The van der Waals surface area contributed by atoms with E-state index in [1.165, 1.54) is 44.9 Å². The molecule has 6 atom stereocenters. The van der Waals surface area contributed by atoms with Gasteiger partial charge in [-0.15, -0.1) is 0 Å². The Bertz CT molecular complexity index is 480. The lowest BCUT2D eigenvalue weighted by Crippen LogP contribution is -2.52. The maximum atomic E-state index is 12.8. The van der Waals surface area contributed by atoms with Gasteiger partial charge >= 0.3 is 0 Å². The van der Waals surface area contributed by atoms with Crippen LogP contribution in [-0.4, -0.2) is 61.8 Å². The van der Waals surface area contributed by atoms with Gasteiger partial charge in [0.25, 0.3) is 0 Å². The van der Waals surface area contributed by atoms with E-state index in [9.17, 15) is 4.79 Å². The van der Waals surface area contributed by atoms with Crippen molar-refractivity contribution in [3.63, 3.8) is 0 Å². The van der Waals surface area contributed by atoms with Crippen molar-refractivity contribution in [1.29, 1.82) is 0 Å². The van der Waals surface area contributed by atoms with E-state index in [2.05, 4.69) is 22.5 Å². The molecule has 2 aliphatic heterocycles. The largest absolute Gasteiger partial charge is 0.379 e. The van der Waals surface area contributed by atoms with Gasteiger partial charge in [0.2, 0.25) is 5.91 Å². The van der Waals surface area contributed by atoms with E-state index in [0.717, 1.165) is 45.2 Å². The molecule has 148 valence electrons. The molecule has 6 unspecified atom stereocenters. The second kappa shape index (κ2) is 8.57. The number of carbonyl (C=O) groups is 1. The quantitative estimate of drug-likeness (QED) is 0.804. The molecule has 1 amide bonds. The lowest BCUT2D eigenvalue weighted by Gasteiger charge is -2.41. The van der Waals surface area contributed by atoms with E-state index in [1.54, 1.807) is 0 Å². The average molecular weight is 364 g/mol. The van der Waals surface area contributed by atoms with Crippen LogP contribution in [0, 0.1) is 17.8 Å². The van der Waals surface area contributed by atoms with Crippen molar-refractivity contribution in [3.8, 4) is 0 Å². The van der Waals surface area contributed by atoms with Crippen LogP contribution in [0.2, 0.25) is 0 Å². The summed E-state index contributed by atoms with van der Waals surface area (Å²) in [6.07, 6.45) is 10.2. The lowest BCUT2D eigenvalue weighted by atomic mass is 9.78. The Morgan fingerprint density at radius 1 is 1.12 bits per heavy atom. The molecule has 2 aliphatic carbocycles. The number of morpholine rings is 1. The third kappa shape index (κ3) is 4.10. The van der Waals surface area contributed by atoms with E-state index in [0.29, 0.717) is 23.9 Å². The van der Waals surface area contributed by atoms with Crippen LogP contribution >= 0.6 is 0 Å². The molecule has 2 saturated carbocycles. The van der Waals surface area contributed by atoms with E-state index >= 15 is 0 Å². The number of ether oxygens (including phenoxy) is 1. The maximum absolute atomic E-state index is 12.8. The van der Waals surface area contributed by atoms with E-state index in [4.69, 9.17) is 4.74 Å². The summed E-state index contributed by atoms with van der Waals surface area (Å²) in [6, 6.07) is 1.23. The first kappa shape index (κ1) is 18.7. The van der Waals surface area contributed by atoms with Crippen molar-refractivity contribution < 1.29 is 9.53 Å². The molecule has 5 nitrogen and oxygen atoms in total. The van der Waals surface area contributed by atoms with Gasteiger partial charge in [0, 0.05) is 31.7 Å². The Morgan fingerprint density at radius 3 is 2.73 bits per heavy atom. The minimum atomic E-state index is 0.0379. The molecule has 0 aromatic heterocycles. The Labute approximate surface area is 158 Å². The van der Waals surface area contributed by atoms with Crippen molar-refractivity contribution in [2.45, 2.75) is 76.4 Å². The molecule has 0 bridgehead atoms. The highest BCUT2D eigenvalue weighted by Gasteiger charge is 2.41. The summed E-state index contributed by atoms with van der Waals surface area (Å²) in [5.41, 5.74) is 0. The van der Waals surface area contributed by atoms with Crippen LogP contribution in [0.15, 0.2) is 0 Å². The molecule has 0 aromatic rings. The first-order valence-electron chi connectivity index (χ1n) is 11.1. The van der Waals surface area contributed by atoms with Gasteiger partial charge < -0.3 is 15.4 Å². The Balaban J connectivity index is 1.29. The monoisotopic (exact) mass is 363 g/mol. The fourth-order valence-corrected chi connectivity index (χ4v) is 6.05. The van der Waals surface area contributed by atoms with Gasteiger partial charge in [-0.25, -0.2) is 0 Å². The fraction of sp³-hybridized carbons (Fsp3) is 0.952. The second-order valence-electron chi connectivity index (χ2n) is 9.15. The molecule has 2 saturated heterocycles. The molecule has 2 heterocycles. The molecule has 4 fully saturated rings. The highest BCUT2D eigenvalue weighted by atomic mass is 16.5. The number of fused-ring (bicyclic) bond motifs is 1. The number of nitrogens with zero attached hydrogens (tertiary/aromatic N) is 1. The van der Waals surface area contributed by atoms with Gasteiger partial charge in [0.1, 0.15) is 0 Å². The fourth-order valence-electron chi connectivity index (χ4n) is 6.05. The van der Waals surface area contributed by atoms with Crippen LogP contribution in [0.25, 0.3) is 0 Å². The number of hydrogen-bond donors (Lipinski definition) is 2. The number of nitrogens with one attached hydrogen (secondary N) is 2. The summed E-state index contributed by atoms with van der Waals surface area (Å²) in [7, 11) is 0. The molecule has 2 N–H and O–H groups in total. The van der Waals surface area contributed by atoms with Crippen molar-refractivity contribution in [2.24, 2.45) is 17.8 Å². The van der Waals surface area contributed by atoms with Gasteiger partial charge in [0.05, 0.1) is 19.3 Å². The first-order valence-corrected chi connectivity index (χ1v) is 11.1. The van der Waals surface area contributed by atoms with Gasteiger partial charge in [-0.05, 0) is 49.9 Å². The maximum Gasteiger partial charge on any atom is 0.237 e. The van der Waals surface area contributed by atoms with Crippen molar-refractivity contribution in [2.75, 3.05) is 32.8 Å². The van der Waals surface area contributed by atoms with Gasteiger partial charge in [-0.2, -0.15) is 0 Å². The van der Waals surface area contributed by atoms with E-state index in [-0.39, 0.29) is 11.9 Å². The number of rotatable bonds is 4. The van der Waals surface area contributed by atoms with Crippen LogP contribution in [0.4, 0.5) is 0 Å². The van der Waals surface area contributed by atoms with Crippen LogP contribution in [0.1, 0.15) is 58.3 Å².